The fourth-order valence-corrected chi connectivity index (χ4v) is 1.92. The van der Waals surface area contributed by atoms with Gasteiger partial charge in [0.1, 0.15) is 6.10 Å². The molecule has 1 aromatic carbocycles. The highest BCUT2D eigenvalue weighted by Crippen LogP contribution is 2.30. The third-order valence-corrected chi connectivity index (χ3v) is 2.80. The predicted octanol–water partition coefficient (Wildman–Crippen LogP) is 3.06. The molecule has 0 saturated carbocycles. The molecule has 0 spiro atoms. The van der Waals surface area contributed by atoms with E-state index in [9.17, 15) is 4.79 Å². The van der Waals surface area contributed by atoms with Crippen LogP contribution in [0.15, 0.2) is 36.9 Å². The van der Waals surface area contributed by atoms with Crippen LogP contribution >= 0.6 is 0 Å². The molecule has 2 N–H and O–H groups in total. The largest absolute Gasteiger partial charge is 0.454 e. The molecule has 0 fully saturated rings. The summed E-state index contributed by atoms with van der Waals surface area (Å²) in [7, 11) is 0. The van der Waals surface area contributed by atoms with Crippen LogP contribution in [0, 0.1) is 0 Å². The molecular formula is C15H21NO2. The Morgan fingerprint density at radius 2 is 2.11 bits per heavy atom. The number of benzene rings is 1. The van der Waals surface area contributed by atoms with E-state index in [0.717, 1.165) is 11.1 Å². The molecule has 0 aromatic heterocycles. The number of hydrogen-bond acceptors (Lipinski definition) is 3. The van der Waals surface area contributed by atoms with Gasteiger partial charge >= 0.3 is 5.97 Å². The zero-order valence-electron chi connectivity index (χ0n) is 11.3. The van der Waals surface area contributed by atoms with Gasteiger partial charge in [-0.1, -0.05) is 37.8 Å². The lowest BCUT2D eigenvalue weighted by Gasteiger charge is -2.26. The Morgan fingerprint density at radius 1 is 1.50 bits per heavy atom. The number of rotatable bonds is 5. The van der Waals surface area contributed by atoms with Crippen LogP contribution in [-0.4, -0.2) is 5.97 Å². The van der Waals surface area contributed by atoms with Crippen molar-refractivity contribution in [3.05, 3.63) is 48.0 Å². The Morgan fingerprint density at radius 3 is 2.61 bits per heavy atom. The van der Waals surface area contributed by atoms with E-state index >= 15 is 0 Å². The molecule has 3 nitrogen and oxygen atoms in total. The first-order valence-corrected chi connectivity index (χ1v) is 6.11. The molecule has 0 saturated heterocycles. The maximum atomic E-state index is 11.3. The summed E-state index contributed by atoms with van der Waals surface area (Å²) in [5.41, 5.74) is 7.64. The average molecular weight is 247 g/mol. The summed E-state index contributed by atoms with van der Waals surface area (Å²) < 4.78 is 5.36. The first kappa shape index (κ1) is 14.5. The Hall–Kier alpha value is -1.61. The molecule has 3 heteroatoms. The van der Waals surface area contributed by atoms with Gasteiger partial charge in [-0.15, -0.1) is 0 Å². The summed E-state index contributed by atoms with van der Waals surface area (Å²) in [4.78, 5) is 11.3. The van der Waals surface area contributed by atoms with Gasteiger partial charge in [-0.05, 0) is 31.4 Å². The van der Waals surface area contributed by atoms with E-state index in [0.29, 0.717) is 6.42 Å². The summed E-state index contributed by atoms with van der Waals surface area (Å²) in [6.07, 6.45) is 1.60. The molecule has 0 radical (unpaired) electrons. The monoisotopic (exact) mass is 247 g/mol. The smallest absolute Gasteiger partial charge is 0.330 e. The molecule has 0 aliphatic heterocycles. The van der Waals surface area contributed by atoms with E-state index in [1.807, 2.05) is 45.0 Å². The quantitative estimate of drug-likeness (QED) is 0.642. The number of ether oxygens (including phenoxy) is 1. The molecule has 0 heterocycles. The molecule has 0 aliphatic carbocycles. The zero-order chi connectivity index (χ0) is 13.8. The number of carbonyl (C=O) groups is 1. The standard InChI is InChI=1S/C15H21NO2/c1-5-13(18-14(17)6-2)11-9-7-8-10-12(11)15(3,4)16/h6-10,13H,2,5,16H2,1,3-4H3. The van der Waals surface area contributed by atoms with Gasteiger partial charge in [0.05, 0.1) is 0 Å². The second kappa shape index (κ2) is 5.83. The van der Waals surface area contributed by atoms with Gasteiger partial charge in [-0.25, -0.2) is 4.79 Å². The lowest BCUT2D eigenvalue weighted by molar-refractivity contribution is -0.143. The van der Waals surface area contributed by atoms with Crippen molar-refractivity contribution in [2.45, 2.75) is 38.8 Å². The fraction of sp³-hybridized carbons (Fsp3) is 0.400. The minimum Gasteiger partial charge on any atom is -0.454 e. The fourth-order valence-electron chi connectivity index (χ4n) is 1.92. The molecule has 0 amide bonds. The third-order valence-electron chi connectivity index (χ3n) is 2.80. The highest BCUT2D eigenvalue weighted by Gasteiger charge is 2.23. The number of carbonyl (C=O) groups excluding carboxylic acids is 1. The van der Waals surface area contributed by atoms with Crippen molar-refractivity contribution in [2.75, 3.05) is 0 Å². The van der Waals surface area contributed by atoms with E-state index in [2.05, 4.69) is 6.58 Å². The minimum atomic E-state index is -0.468. The highest BCUT2D eigenvalue weighted by molar-refractivity contribution is 5.81. The molecule has 0 bridgehead atoms. The summed E-state index contributed by atoms with van der Waals surface area (Å²) in [5.74, 6) is -0.411. The second-order valence-electron chi connectivity index (χ2n) is 4.85. The van der Waals surface area contributed by atoms with E-state index in [1.165, 1.54) is 6.08 Å². The molecule has 0 aliphatic rings. The van der Waals surface area contributed by atoms with Gasteiger partial charge in [-0.2, -0.15) is 0 Å². The van der Waals surface area contributed by atoms with Crippen molar-refractivity contribution in [3.63, 3.8) is 0 Å². The number of nitrogens with two attached hydrogens (primary N) is 1. The van der Waals surface area contributed by atoms with Crippen molar-refractivity contribution in [1.82, 2.24) is 0 Å². The van der Waals surface area contributed by atoms with Crippen molar-refractivity contribution < 1.29 is 9.53 Å². The topological polar surface area (TPSA) is 52.3 Å². The zero-order valence-corrected chi connectivity index (χ0v) is 11.3. The van der Waals surface area contributed by atoms with Gasteiger partial charge in [0.15, 0.2) is 0 Å². The van der Waals surface area contributed by atoms with Crippen molar-refractivity contribution in [2.24, 2.45) is 5.73 Å². The van der Waals surface area contributed by atoms with Crippen molar-refractivity contribution in [3.8, 4) is 0 Å². The van der Waals surface area contributed by atoms with Crippen molar-refractivity contribution >= 4 is 5.97 Å². The Labute approximate surface area is 109 Å². The molecule has 1 rings (SSSR count). The van der Waals surface area contributed by atoms with E-state index in [4.69, 9.17) is 10.5 Å². The number of esters is 1. The summed E-state index contributed by atoms with van der Waals surface area (Å²) >= 11 is 0. The lowest BCUT2D eigenvalue weighted by Crippen LogP contribution is -2.31. The maximum Gasteiger partial charge on any atom is 0.330 e. The summed E-state index contributed by atoms with van der Waals surface area (Å²) in [5, 5.41) is 0. The van der Waals surface area contributed by atoms with Gasteiger partial charge < -0.3 is 10.5 Å². The van der Waals surface area contributed by atoms with Gasteiger partial charge in [0, 0.05) is 11.6 Å². The second-order valence-corrected chi connectivity index (χ2v) is 4.85. The highest BCUT2D eigenvalue weighted by atomic mass is 16.5. The van der Waals surface area contributed by atoms with Crippen LogP contribution in [0.3, 0.4) is 0 Å². The van der Waals surface area contributed by atoms with Crippen LogP contribution in [-0.2, 0) is 15.1 Å². The van der Waals surface area contributed by atoms with Crippen LogP contribution < -0.4 is 5.73 Å². The van der Waals surface area contributed by atoms with Crippen LogP contribution in [0.4, 0.5) is 0 Å². The molecule has 18 heavy (non-hydrogen) atoms. The molecule has 98 valence electrons. The molecular weight excluding hydrogens is 226 g/mol. The van der Waals surface area contributed by atoms with E-state index < -0.39 is 11.5 Å². The minimum absolute atomic E-state index is 0.283. The Bertz CT molecular complexity index is 432. The van der Waals surface area contributed by atoms with Gasteiger partial charge in [0.25, 0.3) is 0 Å². The summed E-state index contributed by atoms with van der Waals surface area (Å²) in [6.45, 7) is 9.26. The van der Waals surface area contributed by atoms with Crippen LogP contribution in [0.2, 0.25) is 0 Å². The SMILES string of the molecule is C=CC(=O)OC(CC)c1ccccc1C(C)(C)N. The molecule has 1 aromatic rings. The van der Waals surface area contributed by atoms with Crippen LogP contribution in [0.5, 0.6) is 0 Å². The normalized spacial score (nSPS) is 12.9. The maximum absolute atomic E-state index is 11.3. The molecule has 1 atom stereocenters. The van der Waals surface area contributed by atoms with Crippen molar-refractivity contribution in [1.29, 1.82) is 0 Å². The first-order valence-electron chi connectivity index (χ1n) is 6.11. The van der Waals surface area contributed by atoms with E-state index in [-0.39, 0.29) is 6.10 Å². The van der Waals surface area contributed by atoms with Gasteiger partial charge in [0.2, 0.25) is 0 Å². The number of hydrogen-bond donors (Lipinski definition) is 1. The van der Waals surface area contributed by atoms with Crippen LogP contribution in [0.1, 0.15) is 44.4 Å². The molecule has 1 unspecified atom stereocenters. The first-order chi connectivity index (χ1) is 8.40. The Kier molecular flexibility index (Phi) is 4.68. The van der Waals surface area contributed by atoms with Gasteiger partial charge in [-0.3, -0.25) is 0 Å². The van der Waals surface area contributed by atoms with Crippen LogP contribution in [0.25, 0.3) is 0 Å². The predicted molar refractivity (Wildman–Crippen MR) is 73.0 cm³/mol. The Balaban J connectivity index is 3.13. The van der Waals surface area contributed by atoms with E-state index in [1.54, 1.807) is 0 Å². The average Bonchev–Trinajstić information content (AvgIpc) is 2.34. The lowest BCUT2D eigenvalue weighted by atomic mass is 9.88. The third kappa shape index (κ3) is 3.44. The summed E-state index contributed by atoms with van der Waals surface area (Å²) in [6, 6.07) is 7.79.